The van der Waals surface area contributed by atoms with Crippen LogP contribution in [0.15, 0.2) is 17.5 Å². The van der Waals surface area contributed by atoms with Gasteiger partial charge in [-0.25, -0.2) is 4.39 Å². The Bertz CT molecular complexity index is 1570. The minimum Gasteiger partial charge on any atom is -0.505 e. The van der Waals surface area contributed by atoms with Crippen LogP contribution in [0.3, 0.4) is 0 Å². The lowest BCUT2D eigenvalue weighted by Crippen LogP contribution is -2.73. The smallest absolute Gasteiger partial charge is 0.238 e. The van der Waals surface area contributed by atoms with Gasteiger partial charge in [0.25, 0.3) is 0 Å². The number of phenolic OH excluding ortho intramolecular Hbond substituents is 1. The minimum atomic E-state index is -2.54. The molecule has 6 aliphatic rings. The summed E-state index contributed by atoms with van der Waals surface area (Å²) in [7, 11) is 3.29. The van der Waals surface area contributed by atoms with Gasteiger partial charge in [-0.1, -0.05) is 19.3 Å². The zero-order valence-electron chi connectivity index (χ0n) is 26.8. The first-order valence-electron chi connectivity index (χ1n) is 16.8. The van der Waals surface area contributed by atoms with E-state index < -0.39 is 75.9 Å². The Kier molecular flexibility index (Phi) is 7.97. The molecule has 1 aromatic carbocycles. The average Bonchev–Trinajstić information content (AvgIpc) is 3.68. The number of likely N-dealkylation sites (tertiary alicyclic amines) is 1. The van der Waals surface area contributed by atoms with E-state index in [-0.39, 0.29) is 54.3 Å². The number of Topliss-reactive ketones (excluding diaryl/α,β-unsaturated/α-hetero) is 3. The molecule has 7 rings (SSSR count). The fraction of sp³-hybridized carbons (Fsp3) is 0.647. The van der Waals surface area contributed by atoms with E-state index >= 15 is 4.39 Å². The predicted molar refractivity (Wildman–Crippen MR) is 166 cm³/mol. The van der Waals surface area contributed by atoms with Crippen molar-refractivity contribution >= 4 is 28.9 Å². The number of hydrogen-bond donors (Lipinski definition) is 5. The summed E-state index contributed by atoms with van der Waals surface area (Å²) < 4.78 is 21.6. The Labute approximate surface area is 272 Å². The van der Waals surface area contributed by atoms with Crippen LogP contribution in [-0.2, 0) is 25.5 Å². The zero-order valence-corrected chi connectivity index (χ0v) is 26.8. The average molecular weight is 655 g/mol. The summed E-state index contributed by atoms with van der Waals surface area (Å²) >= 11 is 0. The number of likely N-dealkylation sites (N-methyl/N-ethyl adjacent to an activating group) is 1. The van der Waals surface area contributed by atoms with Crippen molar-refractivity contribution in [3.63, 3.8) is 0 Å². The number of halogens is 1. The van der Waals surface area contributed by atoms with Crippen molar-refractivity contribution < 1.29 is 43.6 Å². The molecule has 5 fully saturated rings. The van der Waals surface area contributed by atoms with E-state index in [1.54, 1.807) is 19.0 Å². The molecule has 0 bridgehead atoms. The normalized spacial score (nSPS) is 34.9. The molecule has 2 unspecified atom stereocenters. The van der Waals surface area contributed by atoms with Crippen molar-refractivity contribution in [2.75, 3.05) is 45.7 Å². The second-order valence-corrected chi connectivity index (χ2v) is 14.7. The van der Waals surface area contributed by atoms with Crippen molar-refractivity contribution in [2.24, 2.45) is 17.8 Å². The maximum Gasteiger partial charge on any atom is 0.238 e. The number of carbonyl (C=O) groups is 4. The van der Waals surface area contributed by atoms with Gasteiger partial charge in [0.15, 0.2) is 17.2 Å². The van der Waals surface area contributed by atoms with Crippen LogP contribution in [0.2, 0.25) is 0 Å². The number of benzene rings is 1. The van der Waals surface area contributed by atoms with E-state index in [0.29, 0.717) is 0 Å². The van der Waals surface area contributed by atoms with Gasteiger partial charge in [-0.15, -0.1) is 0 Å². The second kappa shape index (κ2) is 11.6. The number of hydrogen-bond acceptors (Lipinski definition) is 11. The molecule has 6 atom stereocenters. The summed E-state index contributed by atoms with van der Waals surface area (Å²) in [4.78, 5) is 58.7. The highest BCUT2D eigenvalue weighted by molar-refractivity contribution is 6.27. The molecule has 2 heterocycles. The van der Waals surface area contributed by atoms with Crippen molar-refractivity contribution in [2.45, 2.75) is 81.1 Å². The summed E-state index contributed by atoms with van der Waals surface area (Å²) in [6, 6.07) is -0.0474. The number of anilines is 1. The number of carbonyl (C=O) groups excluding carboxylic acids is 4. The lowest BCUT2D eigenvalue weighted by atomic mass is 9.52. The Hall–Kier alpha value is -3.39. The Morgan fingerprint density at radius 2 is 1.83 bits per heavy atom. The SMILES string of the molecule is CN(C)[C@@H]1C(=O)/C(=C2\NC3(CCCCC3)CO2)C(=O)[C@@]2(O)C(O)C3C(=O)c4c(O)c(NC(=O)CN5CCCC5)cc(F)c4C[C@H]3C[C@@H]12. The Balaban J connectivity index is 1.24. The molecular formula is C34H43FN4O8. The quantitative estimate of drug-likeness (QED) is 0.180. The number of aromatic hydroxyl groups is 1. The van der Waals surface area contributed by atoms with E-state index in [9.17, 15) is 34.5 Å². The zero-order chi connectivity index (χ0) is 33.4. The largest absolute Gasteiger partial charge is 0.505 e. The number of ether oxygens (including phenoxy) is 1. The van der Waals surface area contributed by atoms with Gasteiger partial charge >= 0.3 is 0 Å². The van der Waals surface area contributed by atoms with Gasteiger partial charge in [0.05, 0.1) is 35.3 Å². The van der Waals surface area contributed by atoms with Gasteiger partial charge in [-0.3, -0.25) is 29.0 Å². The summed E-state index contributed by atoms with van der Waals surface area (Å²) in [6.45, 7) is 1.82. The molecule has 1 aromatic rings. The maximum atomic E-state index is 15.6. The number of aliphatic hydroxyl groups is 2. The van der Waals surface area contributed by atoms with Crippen LogP contribution in [0.25, 0.3) is 0 Å². The lowest BCUT2D eigenvalue weighted by Gasteiger charge is -2.55. The number of aliphatic hydroxyl groups excluding tert-OH is 1. The molecule has 4 aliphatic carbocycles. The van der Waals surface area contributed by atoms with E-state index in [2.05, 4.69) is 10.6 Å². The molecule has 0 aromatic heterocycles. The van der Waals surface area contributed by atoms with E-state index in [0.717, 1.165) is 64.1 Å². The minimum absolute atomic E-state index is 0.00991. The van der Waals surface area contributed by atoms with Crippen LogP contribution >= 0.6 is 0 Å². The van der Waals surface area contributed by atoms with Crippen molar-refractivity contribution in [3.05, 3.63) is 34.5 Å². The summed E-state index contributed by atoms with van der Waals surface area (Å²) in [6.07, 6.45) is 4.47. The van der Waals surface area contributed by atoms with Crippen LogP contribution in [0.1, 0.15) is 67.3 Å². The number of nitrogens with zero attached hydrogens (tertiary/aromatic N) is 2. The fourth-order valence-electron chi connectivity index (χ4n) is 9.25. The van der Waals surface area contributed by atoms with Gasteiger partial charge in [0.2, 0.25) is 17.6 Å². The Morgan fingerprint density at radius 1 is 1.13 bits per heavy atom. The highest BCUT2D eigenvalue weighted by Crippen LogP contribution is 2.54. The molecule has 13 heteroatoms. The molecule has 1 amide bonds. The van der Waals surface area contributed by atoms with E-state index in [1.165, 1.54) is 0 Å². The van der Waals surface area contributed by atoms with Crippen LogP contribution in [0.5, 0.6) is 5.75 Å². The van der Waals surface area contributed by atoms with Crippen molar-refractivity contribution in [3.8, 4) is 5.75 Å². The van der Waals surface area contributed by atoms with Gasteiger partial charge in [0.1, 0.15) is 29.9 Å². The first-order chi connectivity index (χ1) is 22.4. The maximum absolute atomic E-state index is 15.6. The molecule has 12 nitrogen and oxygen atoms in total. The molecule has 0 radical (unpaired) electrons. The second-order valence-electron chi connectivity index (χ2n) is 14.7. The lowest BCUT2D eigenvalue weighted by molar-refractivity contribution is -0.193. The fourth-order valence-corrected chi connectivity index (χ4v) is 9.25. The number of rotatable bonds is 4. The first-order valence-corrected chi connectivity index (χ1v) is 16.8. The molecule has 254 valence electrons. The van der Waals surface area contributed by atoms with Crippen LogP contribution in [0.4, 0.5) is 10.1 Å². The standard InChI is InChI=1S/C34H43FN4O8/c1-38(2)26-19-13-17-12-18-20(35)14-21(36-22(40)15-39-10-6-7-11-39)27(41)24(18)28(42)23(17)30(44)34(19,46)31(45)25(29(26)43)32-37-33(16-47-32)8-4-3-5-9-33/h14,17,19,23,26,30,37,41,44,46H,3-13,15-16H2,1-2H3,(H,36,40)/b32-25-/t17-,19-,23?,26-,30?,34-/m0/s1. The molecule has 5 N–H and O–H groups in total. The van der Waals surface area contributed by atoms with Crippen LogP contribution in [0, 0.1) is 23.6 Å². The topological polar surface area (TPSA) is 169 Å². The first kappa shape index (κ1) is 32.2. The molecular weight excluding hydrogens is 611 g/mol. The third-order valence-electron chi connectivity index (χ3n) is 11.6. The molecule has 2 saturated heterocycles. The molecule has 1 spiro atoms. The van der Waals surface area contributed by atoms with Gasteiger partial charge in [-0.2, -0.15) is 0 Å². The number of phenols is 1. The van der Waals surface area contributed by atoms with Gasteiger partial charge < -0.3 is 30.7 Å². The Morgan fingerprint density at radius 3 is 2.51 bits per heavy atom. The van der Waals surface area contributed by atoms with E-state index in [1.807, 2.05) is 4.90 Å². The molecule has 3 saturated carbocycles. The third kappa shape index (κ3) is 4.99. The predicted octanol–water partition coefficient (Wildman–Crippen LogP) is 1.27. The number of nitrogens with one attached hydrogen (secondary N) is 2. The van der Waals surface area contributed by atoms with Crippen LogP contribution in [-0.4, -0.2) is 112 Å². The summed E-state index contributed by atoms with van der Waals surface area (Å²) in [5.41, 5.74) is -4.03. The summed E-state index contributed by atoms with van der Waals surface area (Å²) in [5, 5.41) is 41.2. The number of amides is 1. The third-order valence-corrected chi connectivity index (χ3v) is 11.6. The number of fused-ring (bicyclic) bond motifs is 3. The highest BCUT2D eigenvalue weighted by Gasteiger charge is 2.68. The van der Waals surface area contributed by atoms with Gasteiger partial charge in [-0.05, 0) is 71.6 Å². The van der Waals surface area contributed by atoms with E-state index in [4.69, 9.17) is 4.74 Å². The number of ketones is 3. The van der Waals surface area contributed by atoms with Crippen molar-refractivity contribution in [1.29, 1.82) is 0 Å². The highest BCUT2D eigenvalue weighted by atomic mass is 19.1. The van der Waals surface area contributed by atoms with Gasteiger partial charge in [0, 0.05) is 17.5 Å². The summed E-state index contributed by atoms with van der Waals surface area (Å²) in [5.74, 6) is -7.50. The molecule has 2 aliphatic heterocycles. The van der Waals surface area contributed by atoms with Crippen LogP contribution < -0.4 is 10.6 Å². The monoisotopic (exact) mass is 654 g/mol. The molecule has 47 heavy (non-hydrogen) atoms. The van der Waals surface area contributed by atoms with Crippen molar-refractivity contribution in [1.82, 2.24) is 15.1 Å².